The Morgan fingerprint density at radius 2 is 2.17 bits per heavy atom. The van der Waals surface area contributed by atoms with Gasteiger partial charge in [0.1, 0.15) is 17.4 Å². The molecule has 0 amide bonds. The van der Waals surface area contributed by atoms with Gasteiger partial charge in [-0.1, -0.05) is 12.1 Å². The third-order valence-corrected chi connectivity index (χ3v) is 4.78. The molecule has 1 aromatic carbocycles. The van der Waals surface area contributed by atoms with E-state index in [1.54, 1.807) is 5.38 Å². The number of aromatic nitrogens is 1. The van der Waals surface area contributed by atoms with Crippen LogP contribution in [0.5, 0.6) is 5.75 Å². The van der Waals surface area contributed by atoms with Gasteiger partial charge in [-0.2, -0.15) is 0 Å². The van der Waals surface area contributed by atoms with E-state index < -0.39 is 5.97 Å². The summed E-state index contributed by atoms with van der Waals surface area (Å²) >= 11 is 1.46. The molecule has 0 bridgehead atoms. The molecule has 3 rings (SSSR count). The number of carboxylic acids is 1. The molecule has 0 aliphatic carbocycles. The number of ether oxygens (including phenoxy) is 1. The molecule has 2 heterocycles. The van der Waals surface area contributed by atoms with Crippen LogP contribution in [-0.2, 0) is 11.2 Å². The summed E-state index contributed by atoms with van der Waals surface area (Å²) in [5, 5.41) is 11.4. The zero-order chi connectivity index (χ0) is 16.1. The summed E-state index contributed by atoms with van der Waals surface area (Å²) in [5.74, 6) is -0.0301. The molecule has 0 radical (unpaired) electrons. The first-order valence-electron chi connectivity index (χ1n) is 7.82. The quantitative estimate of drug-likeness (QED) is 0.845. The molecule has 1 aliphatic rings. The number of carbonyl (C=O) groups is 1. The summed E-state index contributed by atoms with van der Waals surface area (Å²) in [7, 11) is 0. The maximum absolute atomic E-state index is 10.7. The average Bonchev–Trinajstić information content (AvgIpc) is 3.19. The van der Waals surface area contributed by atoms with Gasteiger partial charge in [-0.05, 0) is 38.1 Å². The zero-order valence-corrected chi connectivity index (χ0v) is 13.7. The second-order valence-electron chi connectivity index (χ2n) is 5.64. The van der Waals surface area contributed by atoms with Crippen molar-refractivity contribution in [2.24, 2.45) is 0 Å². The largest absolute Gasteiger partial charge is 0.492 e. The van der Waals surface area contributed by atoms with Gasteiger partial charge in [-0.3, -0.25) is 9.69 Å². The molecule has 2 aromatic rings. The third kappa shape index (κ3) is 4.53. The summed E-state index contributed by atoms with van der Waals surface area (Å²) < 4.78 is 5.84. The summed E-state index contributed by atoms with van der Waals surface area (Å²) in [6.45, 7) is 4.00. The molecule has 0 atom stereocenters. The van der Waals surface area contributed by atoms with E-state index in [4.69, 9.17) is 9.84 Å². The van der Waals surface area contributed by atoms with E-state index in [9.17, 15) is 4.79 Å². The molecule has 1 N–H and O–H groups in total. The number of hydrogen-bond acceptors (Lipinski definition) is 5. The molecule has 1 fully saturated rings. The summed E-state index contributed by atoms with van der Waals surface area (Å²) in [4.78, 5) is 17.5. The second-order valence-corrected chi connectivity index (χ2v) is 6.50. The lowest BCUT2D eigenvalue weighted by atomic mass is 10.2. The standard InChI is InChI=1S/C17H20N2O3S/c20-16(21)11-14-12-23-17(18-14)13-4-3-5-15(10-13)22-9-8-19-6-1-2-7-19/h3-5,10,12H,1-2,6-9,11H2,(H,20,21). The molecular weight excluding hydrogens is 312 g/mol. The fraction of sp³-hybridized carbons (Fsp3) is 0.412. The number of thiazole rings is 1. The van der Waals surface area contributed by atoms with Crippen LogP contribution in [0.15, 0.2) is 29.6 Å². The topological polar surface area (TPSA) is 62.7 Å². The molecule has 23 heavy (non-hydrogen) atoms. The minimum Gasteiger partial charge on any atom is -0.492 e. The van der Waals surface area contributed by atoms with Crippen LogP contribution >= 0.6 is 11.3 Å². The Labute approximate surface area is 139 Å². The number of carboxylic acid groups (broad SMARTS) is 1. The lowest BCUT2D eigenvalue weighted by molar-refractivity contribution is -0.136. The van der Waals surface area contributed by atoms with Crippen molar-refractivity contribution in [3.8, 4) is 16.3 Å². The van der Waals surface area contributed by atoms with Crippen LogP contribution < -0.4 is 4.74 Å². The number of aliphatic carboxylic acids is 1. The van der Waals surface area contributed by atoms with Crippen molar-refractivity contribution in [3.63, 3.8) is 0 Å². The van der Waals surface area contributed by atoms with Crippen LogP contribution in [0.1, 0.15) is 18.5 Å². The minimum atomic E-state index is -0.860. The Bertz CT molecular complexity index is 665. The van der Waals surface area contributed by atoms with Gasteiger partial charge in [0.15, 0.2) is 0 Å². The van der Waals surface area contributed by atoms with Gasteiger partial charge in [-0.15, -0.1) is 11.3 Å². The Kier molecular flexibility index (Phi) is 5.25. The van der Waals surface area contributed by atoms with Crippen molar-refractivity contribution in [1.29, 1.82) is 0 Å². The molecule has 0 spiro atoms. The monoisotopic (exact) mass is 332 g/mol. The van der Waals surface area contributed by atoms with Crippen molar-refractivity contribution < 1.29 is 14.6 Å². The molecular formula is C17H20N2O3S. The molecule has 0 saturated carbocycles. The number of rotatable bonds is 7. The van der Waals surface area contributed by atoms with Crippen LogP contribution in [0.25, 0.3) is 10.6 Å². The number of nitrogens with zero attached hydrogens (tertiary/aromatic N) is 2. The molecule has 6 heteroatoms. The van der Waals surface area contributed by atoms with Gasteiger partial charge in [0.25, 0.3) is 0 Å². The number of benzene rings is 1. The Balaban J connectivity index is 1.60. The van der Waals surface area contributed by atoms with E-state index in [1.165, 1.54) is 37.3 Å². The highest BCUT2D eigenvalue weighted by Crippen LogP contribution is 2.27. The highest BCUT2D eigenvalue weighted by atomic mass is 32.1. The fourth-order valence-corrected chi connectivity index (χ4v) is 3.51. The molecule has 1 aromatic heterocycles. The van der Waals surface area contributed by atoms with Gasteiger partial charge in [0.05, 0.1) is 12.1 Å². The van der Waals surface area contributed by atoms with E-state index in [0.29, 0.717) is 12.3 Å². The van der Waals surface area contributed by atoms with Gasteiger partial charge in [-0.25, -0.2) is 4.98 Å². The first-order chi connectivity index (χ1) is 11.2. The predicted molar refractivity (Wildman–Crippen MR) is 90.1 cm³/mol. The lowest BCUT2D eigenvalue weighted by Crippen LogP contribution is -2.25. The van der Waals surface area contributed by atoms with E-state index in [-0.39, 0.29) is 6.42 Å². The highest BCUT2D eigenvalue weighted by molar-refractivity contribution is 7.13. The molecule has 1 saturated heterocycles. The fourth-order valence-electron chi connectivity index (χ4n) is 2.69. The first-order valence-corrected chi connectivity index (χ1v) is 8.70. The van der Waals surface area contributed by atoms with Crippen LogP contribution in [0.4, 0.5) is 0 Å². The first kappa shape index (κ1) is 16.0. The van der Waals surface area contributed by atoms with Crippen molar-refractivity contribution in [2.75, 3.05) is 26.2 Å². The molecule has 5 nitrogen and oxygen atoms in total. The van der Waals surface area contributed by atoms with E-state index in [0.717, 1.165) is 22.9 Å². The van der Waals surface area contributed by atoms with Gasteiger partial charge in [0, 0.05) is 17.5 Å². The van der Waals surface area contributed by atoms with E-state index in [1.807, 2.05) is 24.3 Å². The van der Waals surface area contributed by atoms with Crippen molar-refractivity contribution in [2.45, 2.75) is 19.3 Å². The van der Waals surface area contributed by atoms with Crippen molar-refractivity contribution in [1.82, 2.24) is 9.88 Å². The van der Waals surface area contributed by atoms with E-state index in [2.05, 4.69) is 9.88 Å². The Morgan fingerprint density at radius 1 is 1.35 bits per heavy atom. The number of hydrogen-bond donors (Lipinski definition) is 1. The van der Waals surface area contributed by atoms with Gasteiger partial charge >= 0.3 is 5.97 Å². The third-order valence-electron chi connectivity index (χ3n) is 3.84. The Morgan fingerprint density at radius 3 is 2.96 bits per heavy atom. The minimum absolute atomic E-state index is 0.0392. The zero-order valence-electron chi connectivity index (χ0n) is 12.9. The number of likely N-dealkylation sites (tertiary alicyclic amines) is 1. The Hall–Kier alpha value is -1.92. The molecule has 122 valence electrons. The normalized spacial score (nSPS) is 15.0. The van der Waals surface area contributed by atoms with Crippen LogP contribution in [0.3, 0.4) is 0 Å². The second kappa shape index (κ2) is 7.57. The van der Waals surface area contributed by atoms with Gasteiger partial charge in [0.2, 0.25) is 0 Å². The maximum atomic E-state index is 10.7. The maximum Gasteiger partial charge on any atom is 0.309 e. The smallest absolute Gasteiger partial charge is 0.309 e. The van der Waals surface area contributed by atoms with Crippen LogP contribution in [0.2, 0.25) is 0 Å². The summed E-state index contributed by atoms with van der Waals surface area (Å²) in [5.41, 5.74) is 1.56. The average molecular weight is 332 g/mol. The predicted octanol–water partition coefficient (Wildman–Crippen LogP) is 2.91. The van der Waals surface area contributed by atoms with E-state index >= 15 is 0 Å². The molecule has 0 unspecified atom stereocenters. The van der Waals surface area contributed by atoms with Gasteiger partial charge < -0.3 is 9.84 Å². The highest BCUT2D eigenvalue weighted by Gasteiger charge is 2.11. The summed E-state index contributed by atoms with van der Waals surface area (Å²) in [6, 6.07) is 7.82. The lowest BCUT2D eigenvalue weighted by Gasteiger charge is -2.15. The summed E-state index contributed by atoms with van der Waals surface area (Å²) in [6.07, 6.45) is 2.54. The van der Waals surface area contributed by atoms with Crippen molar-refractivity contribution in [3.05, 3.63) is 35.3 Å². The van der Waals surface area contributed by atoms with Crippen LogP contribution in [-0.4, -0.2) is 47.2 Å². The molecule has 1 aliphatic heterocycles. The SMILES string of the molecule is O=C(O)Cc1csc(-c2cccc(OCCN3CCCC3)c2)n1. The van der Waals surface area contributed by atoms with Crippen molar-refractivity contribution >= 4 is 17.3 Å². The van der Waals surface area contributed by atoms with Crippen LogP contribution in [0, 0.1) is 0 Å².